The van der Waals surface area contributed by atoms with Crippen LogP contribution >= 0.6 is 11.6 Å². The van der Waals surface area contributed by atoms with Crippen LogP contribution in [0, 0.1) is 5.82 Å². The van der Waals surface area contributed by atoms with E-state index in [0.717, 1.165) is 18.7 Å². The number of carbonyl (C=O) groups is 1. The van der Waals surface area contributed by atoms with Crippen molar-refractivity contribution in [3.05, 3.63) is 29.0 Å². The summed E-state index contributed by atoms with van der Waals surface area (Å²) in [7, 11) is 1.89. The topological polar surface area (TPSA) is 20.3 Å². The number of anilines is 1. The van der Waals surface area contributed by atoms with Crippen LogP contribution in [0.1, 0.15) is 19.8 Å². The molecule has 2 nitrogen and oxygen atoms in total. The van der Waals surface area contributed by atoms with Crippen molar-refractivity contribution in [3.63, 3.8) is 0 Å². The first-order valence-corrected chi connectivity index (χ1v) is 5.54. The van der Waals surface area contributed by atoms with Gasteiger partial charge in [-0.2, -0.15) is 0 Å². The Balaban J connectivity index is 2.55. The van der Waals surface area contributed by atoms with E-state index in [2.05, 4.69) is 0 Å². The van der Waals surface area contributed by atoms with E-state index in [1.165, 1.54) is 6.07 Å². The molecule has 0 atom stereocenters. The maximum Gasteiger partial charge on any atom is 0.141 e. The first-order chi connectivity index (χ1) is 7.50. The fourth-order valence-electron chi connectivity index (χ4n) is 1.42. The Kier molecular flexibility index (Phi) is 4.74. The molecule has 0 radical (unpaired) electrons. The van der Waals surface area contributed by atoms with Gasteiger partial charge in [-0.25, -0.2) is 4.39 Å². The number of hydrogen-bond donors (Lipinski definition) is 0. The van der Waals surface area contributed by atoms with Crippen LogP contribution in [0.25, 0.3) is 0 Å². The zero-order chi connectivity index (χ0) is 12.1. The van der Waals surface area contributed by atoms with Crippen LogP contribution < -0.4 is 4.90 Å². The van der Waals surface area contributed by atoms with Gasteiger partial charge >= 0.3 is 0 Å². The lowest BCUT2D eigenvalue weighted by atomic mass is 10.2. The fraction of sp³-hybridized carbons (Fsp3) is 0.417. The van der Waals surface area contributed by atoms with Crippen LogP contribution in [0.15, 0.2) is 18.2 Å². The predicted molar refractivity (Wildman–Crippen MR) is 64.6 cm³/mol. The molecule has 1 aromatic carbocycles. The molecular weight excluding hydrogens is 229 g/mol. The zero-order valence-corrected chi connectivity index (χ0v) is 10.2. The highest BCUT2D eigenvalue weighted by Crippen LogP contribution is 2.21. The van der Waals surface area contributed by atoms with Gasteiger partial charge in [-0.05, 0) is 31.5 Å². The number of nitrogens with zero attached hydrogens (tertiary/aromatic N) is 1. The minimum Gasteiger partial charge on any atom is -0.375 e. The van der Waals surface area contributed by atoms with Gasteiger partial charge in [0, 0.05) is 25.7 Å². The van der Waals surface area contributed by atoms with Crippen molar-refractivity contribution in [1.82, 2.24) is 0 Å². The number of halogens is 2. The lowest BCUT2D eigenvalue weighted by Crippen LogP contribution is -2.19. The molecule has 0 saturated carbocycles. The van der Waals surface area contributed by atoms with Crippen LogP contribution in [0.2, 0.25) is 5.02 Å². The summed E-state index contributed by atoms with van der Waals surface area (Å²) in [5.41, 5.74) is 0.856. The number of carbonyl (C=O) groups excluding carboxylic acids is 1. The summed E-state index contributed by atoms with van der Waals surface area (Å²) >= 11 is 5.69. The molecule has 0 N–H and O–H groups in total. The molecule has 16 heavy (non-hydrogen) atoms. The van der Waals surface area contributed by atoms with Gasteiger partial charge in [-0.3, -0.25) is 0 Å². The Hall–Kier alpha value is -1.09. The molecule has 0 aliphatic carbocycles. The molecule has 0 fully saturated rings. The monoisotopic (exact) mass is 243 g/mol. The van der Waals surface area contributed by atoms with Gasteiger partial charge < -0.3 is 9.69 Å². The Labute approximate surface area is 100 Å². The van der Waals surface area contributed by atoms with Crippen molar-refractivity contribution < 1.29 is 9.18 Å². The second kappa shape index (κ2) is 5.85. The average Bonchev–Trinajstić information content (AvgIpc) is 2.21. The molecule has 0 aromatic heterocycles. The van der Waals surface area contributed by atoms with E-state index in [9.17, 15) is 9.18 Å². The van der Waals surface area contributed by atoms with Gasteiger partial charge in [0.1, 0.15) is 11.6 Å². The Morgan fingerprint density at radius 2 is 2.19 bits per heavy atom. The number of benzene rings is 1. The molecule has 4 heteroatoms. The normalized spacial score (nSPS) is 10.2. The minimum atomic E-state index is -0.414. The van der Waals surface area contributed by atoms with Gasteiger partial charge in [0.15, 0.2) is 0 Å². The minimum absolute atomic E-state index is 0.121. The molecule has 0 aliphatic rings. The van der Waals surface area contributed by atoms with E-state index >= 15 is 0 Å². The van der Waals surface area contributed by atoms with Gasteiger partial charge in [-0.15, -0.1) is 0 Å². The summed E-state index contributed by atoms with van der Waals surface area (Å²) in [5.74, 6) is -0.229. The second-order valence-corrected chi connectivity index (χ2v) is 4.23. The fourth-order valence-corrected chi connectivity index (χ4v) is 1.59. The summed E-state index contributed by atoms with van der Waals surface area (Å²) in [6, 6.07) is 4.61. The highest BCUT2D eigenvalue weighted by molar-refractivity contribution is 6.31. The number of rotatable bonds is 5. The standard InChI is InChI=1S/C12H15ClFNO/c1-9(16)4-3-7-15(2)10-5-6-12(14)11(13)8-10/h5-6,8H,3-4,7H2,1-2H3. The third kappa shape index (κ3) is 3.81. The quantitative estimate of drug-likeness (QED) is 0.791. The van der Waals surface area contributed by atoms with Crippen LogP contribution in [0.5, 0.6) is 0 Å². The van der Waals surface area contributed by atoms with Crippen LogP contribution in [0.4, 0.5) is 10.1 Å². The summed E-state index contributed by atoms with van der Waals surface area (Å²) in [5, 5.41) is 0.121. The first kappa shape index (κ1) is 13.0. The van der Waals surface area contributed by atoms with E-state index in [0.29, 0.717) is 6.42 Å². The van der Waals surface area contributed by atoms with E-state index in [-0.39, 0.29) is 10.8 Å². The number of hydrogen-bond acceptors (Lipinski definition) is 2. The molecular formula is C12H15ClFNO. The lowest BCUT2D eigenvalue weighted by molar-refractivity contribution is -0.117. The van der Waals surface area contributed by atoms with Crippen molar-refractivity contribution in [2.75, 3.05) is 18.5 Å². The third-order valence-electron chi connectivity index (χ3n) is 2.37. The van der Waals surface area contributed by atoms with Crippen molar-refractivity contribution in [2.24, 2.45) is 0 Å². The average molecular weight is 244 g/mol. The largest absolute Gasteiger partial charge is 0.375 e. The second-order valence-electron chi connectivity index (χ2n) is 3.83. The predicted octanol–water partition coefficient (Wildman–Crippen LogP) is 3.28. The maximum absolute atomic E-state index is 12.9. The summed E-state index contributed by atoms with van der Waals surface area (Å²) < 4.78 is 12.9. The van der Waals surface area contributed by atoms with Crippen LogP contribution in [-0.4, -0.2) is 19.4 Å². The molecule has 1 rings (SSSR count). The maximum atomic E-state index is 12.9. The Morgan fingerprint density at radius 1 is 1.50 bits per heavy atom. The van der Waals surface area contributed by atoms with Crippen LogP contribution in [0.3, 0.4) is 0 Å². The summed E-state index contributed by atoms with van der Waals surface area (Å²) in [4.78, 5) is 12.7. The van der Waals surface area contributed by atoms with Crippen molar-refractivity contribution >= 4 is 23.1 Å². The first-order valence-electron chi connectivity index (χ1n) is 5.16. The Bertz CT molecular complexity index is 381. The van der Waals surface area contributed by atoms with E-state index in [1.54, 1.807) is 19.1 Å². The molecule has 0 aliphatic heterocycles. The molecule has 1 aromatic rings. The highest BCUT2D eigenvalue weighted by Gasteiger charge is 2.05. The molecule has 0 amide bonds. The van der Waals surface area contributed by atoms with E-state index < -0.39 is 5.82 Å². The van der Waals surface area contributed by atoms with E-state index in [4.69, 9.17) is 11.6 Å². The molecule has 0 saturated heterocycles. The number of ketones is 1. The lowest BCUT2D eigenvalue weighted by Gasteiger charge is -2.19. The molecule has 0 unspecified atom stereocenters. The van der Waals surface area contributed by atoms with Gasteiger partial charge in [-0.1, -0.05) is 11.6 Å². The molecule has 0 spiro atoms. The summed E-state index contributed by atoms with van der Waals surface area (Å²) in [6.07, 6.45) is 1.36. The molecule has 0 bridgehead atoms. The van der Waals surface area contributed by atoms with Crippen molar-refractivity contribution in [1.29, 1.82) is 0 Å². The number of Topliss-reactive ketones (excluding diaryl/α,β-unsaturated/α-hetero) is 1. The summed E-state index contributed by atoms with van der Waals surface area (Å²) in [6.45, 7) is 2.33. The smallest absolute Gasteiger partial charge is 0.141 e. The van der Waals surface area contributed by atoms with Gasteiger partial charge in [0.25, 0.3) is 0 Å². The Morgan fingerprint density at radius 3 is 2.75 bits per heavy atom. The third-order valence-corrected chi connectivity index (χ3v) is 2.66. The van der Waals surface area contributed by atoms with Crippen molar-refractivity contribution in [2.45, 2.75) is 19.8 Å². The van der Waals surface area contributed by atoms with Gasteiger partial charge in [0.2, 0.25) is 0 Å². The SMILES string of the molecule is CC(=O)CCCN(C)c1ccc(F)c(Cl)c1. The zero-order valence-electron chi connectivity index (χ0n) is 9.46. The molecule has 0 heterocycles. The van der Waals surface area contributed by atoms with E-state index in [1.807, 2.05) is 11.9 Å². The van der Waals surface area contributed by atoms with Crippen LogP contribution in [-0.2, 0) is 4.79 Å². The highest BCUT2D eigenvalue weighted by atomic mass is 35.5. The van der Waals surface area contributed by atoms with Gasteiger partial charge in [0.05, 0.1) is 5.02 Å². The van der Waals surface area contributed by atoms with Crippen molar-refractivity contribution in [3.8, 4) is 0 Å². The molecule has 88 valence electrons.